The molecule has 0 bridgehead atoms. The van der Waals surface area contributed by atoms with Gasteiger partial charge in [0.2, 0.25) is 5.91 Å². The van der Waals surface area contributed by atoms with Crippen LogP contribution < -0.4 is 10.6 Å². The molecule has 2 N–H and O–H groups in total. The topological polar surface area (TPSA) is 41.1 Å². The maximum Gasteiger partial charge on any atom is 0.220 e. The summed E-state index contributed by atoms with van der Waals surface area (Å²) in [4.78, 5) is 11.0. The van der Waals surface area contributed by atoms with E-state index in [0.717, 1.165) is 18.5 Å². The molecule has 1 unspecified atom stereocenters. The van der Waals surface area contributed by atoms with E-state index in [0.29, 0.717) is 23.0 Å². The van der Waals surface area contributed by atoms with Gasteiger partial charge in [-0.05, 0) is 18.6 Å². The van der Waals surface area contributed by atoms with Crippen molar-refractivity contribution in [2.75, 3.05) is 6.54 Å². The first-order valence-electron chi connectivity index (χ1n) is 5.60. The molecule has 1 amide bonds. The molecule has 5 heteroatoms. The molecule has 0 radical (unpaired) electrons. The molecule has 1 fully saturated rings. The summed E-state index contributed by atoms with van der Waals surface area (Å²) in [5, 5.41) is 7.50. The number of carbonyl (C=O) groups is 1. The quantitative estimate of drug-likeness (QED) is 0.884. The molecule has 1 saturated heterocycles. The number of nitrogens with one attached hydrogen (secondary N) is 2. The van der Waals surface area contributed by atoms with E-state index in [1.165, 1.54) is 0 Å². The summed E-state index contributed by atoms with van der Waals surface area (Å²) in [5.74, 6) is 0.132. The number of hydrogen-bond donors (Lipinski definition) is 2. The van der Waals surface area contributed by atoms with Crippen molar-refractivity contribution in [3.05, 3.63) is 33.8 Å². The monoisotopic (exact) mass is 272 g/mol. The lowest BCUT2D eigenvalue weighted by Gasteiger charge is -2.12. The van der Waals surface area contributed by atoms with E-state index >= 15 is 0 Å². The van der Waals surface area contributed by atoms with Gasteiger partial charge in [0.1, 0.15) is 0 Å². The molecule has 1 atom stereocenters. The number of carbonyl (C=O) groups excluding carboxylic acids is 1. The zero-order valence-electron chi connectivity index (χ0n) is 9.30. The van der Waals surface area contributed by atoms with Crippen molar-refractivity contribution in [1.82, 2.24) is 10.6 Å². The Hall–Kier alpha value is -0.770. The molecule has 1 aromatic carbocycles. The molecular weight excluding hydrogens is 259 g/mol. The van der Waals surface area contributed by atoms with Gasteiger partial charge in [0.25, 0.3) is 0 Å². The Labute approximate surface area is 110 Å². The Morgan fingerprint density at radius 3 is 2.65 bits per heavy atom. The first-order valence-corrected chi connectivity index (χ1v) is 6.35. The second-order valence-electron chi connectivity index (χ2n) is 4.13. The summed E-state index contributed by atoms with van der Waals surface area (Å²) in [6.07, 6.45) is 1.52. The highest BCUT2D eigenvalue weighted by Crippen LogP contribution is 2.23. The van der Waals surface area contributed by atoms with Crippen LogP contribution in [0.4, 0.5) is 0 Å². The van der Waals surface area contributed by atoms with Crippen LogP contribution in [0.5, 0.6) is 0 Å². The van der Waals surface area contributed by atoms with Crippen LogP contribution in [-0.4, -0.2) is 18.5 Å². The lowest BCUT2D eigenvalue weighted by atomic mass is 10.2. The van der Waals surface area contributed by atoms with E-state index in [9.17, 15) is 4.79 Å². The first-order chi connectivity index (χ1) is 8.16. The van der Waals surface area contributed by atoms with Crippen molar-refractivity contribution >= 4 is 29.1 Å². The summed E-state index contributed by atoms with van der Waals surface area (Å²) in [6.45, 7) is 1.36. The summed E-state index contributed by atoms with van der Waals surface area (Å²) < 4.78 is 0. The average Bonchev–Trinajstić information content (AvgIpc) is 2.69. The minimum atomic E-state index is 0.132. The maximum atomic E-state index is 11.0. The summed E-state index contributed by atoms with van der Waals surface area (Å²) in [5.41, 5.74) is 0.903. The van der Waals surface area contributed by atoms with E-state index in [4.69, 9.17) is 23.2 Å². The van der Waals surface area contributed by atoms with Gasteiger partial charge in [0.15, 0.2) is 0 Å². The molecule has 2 rings (SSSR count). The first kappa shape index (κ1) is 12.7. The SMILES string of the molecule is O=C1CCC(CNCc2c(Cl)cccc2Cl)N1. The van der Waals surface area contributed by atoms with Crippen molar-refractivity contribution in [2.24, 2.45) is 0 Å². The van der Waals surface area contributed by atoms with Gasteiger partial charge in [-0.25, -0.2) is 0 Å². The second kappa shape index (κ2) is 5.71. The van der Waals surface area contributed by atoms with Crippen molar-refractivity contribution < 1.29 is 4.79 Å². The molecule has 0 aliphatic carbocycles. The summed E-state index contributed by atoms with van der Waals surface area (Å²) >= 11 is 12.1. The Balaban J connectivity index is 1.84. The highest BCUT2D eigenvalue weighted by Gasteiger charge is 2.19. The molecule has 1 aliphatic rings. The smallest absolute Gasteiger partial charge is 0.220 e. The number of rotatable bonds is 4. The van der Waals surface area contributed by atoms with Gasteiger partial charge < -0.3 is 10.6 Å². The van der Waals surface area contributed by atoms with E-state index < -0.39 is 0 Å². The van der Waals surface area contributed by atoms with Gasteiger partial charge in [-0.3, -0.25) is 4.79 Å². The molecule has 3 nitrogen and oxygen atoms in total. The van der Waals surface area contributed by atoms with Crippen LogP contribution in [0.25, 0.3) is 0 Å². The number of benzene rings is 1. The van der Waals surface area contributed by atoms with Gasteiger partial charge in [-0.2, -0.15) is 0 Å². The van der Waals surface area contributed by atoms with Crippen LogP contribution in [0.2, 0.25) is 10.0 Å². The molecule has 0 aromatic heterocycles. The molecule has 0 saturated carbocycles. The molecule has 1 aliphatic heterocycles. The Morgan fingerprint density at radius 2 is 2.06 bits per heavy atom. The highest BCUT2D eigenvalue weighted by atomic mass is 35.5. The van der Waals surface area contributed by atoms with Crippen molar-refractivity contribution in [2.45, 2.75) is 25.4 Å². The summed E-state index contributed by atoms with van der Waals surface area (Å²) in [7, 11) is 0. The molecule has 0 spiro atoms. The molecule has 17 heavy (non-hydrogen) atoms. The van der Waals surface area contributed by atoms with Gasteiger partial charge in [-0.1, -0.05) is 29.3 Å². The zero-order valence-corrected chi connectivity index (χ0v) is 10.8. The van der Waals surface area contributed by atoms with Crippen molar-refractivity contribution in [1.29, 1.82) is 0 Å². The minimum Gasteiger partial charge on any atom is -0.352 e. The molecular formula is C12H14Cl2N2O. The number of hydrogen-bond acceptors (Lipinski definition) is 2. The Bertz CT molecular complexity index is 403. The highest BCUT2D eigenvalue weighted by molar-refractivity contribution is 6.35. The zero-order chi connectivity index (χ0) is 12.3. The number of amides is 1. The fraction of sp³-hybridized carbons (Fsp3) is 0.417. The lowest BCUT2D eigenvalue weighted by Crippen LogP contribution is -2.35. The fourth-order valence-corrected chi connectivity index (χ4v) is 2.43. The predicted molar refractivity (Wildman–Crippen MR) is 69.3 cm³/mol. The van der Waals surface area contributed by atoms with Crippen molar-refractivity contribution in [3.63, 3.8) is 0 Å². The third kappa shape index (κ3) is 3.35. The minimum absolute atomic E-state index is 0.132. The molecule has 92 valence electrons. The van der Waals surface area contributed by atoms with Crippen LogP contribution in [0.15, 0.2) is 18.2 Å². The number of halogens is 2. The Morgan fingerprint density at radius 1 is 1.35 bits per heavy atom. The van der Waals surface area contributed by atoms with E-state index in [2.05, 4.69) is 10.6 Å². The standard InChI is InChI=1S/C12H14Cl2N2O/c13-10-2-1-3-11(14)9(10)7-15-6-8-4-5-12(17)16-8/h1-3,8,15H,4-7H2,(H,16,17). The molecule has 1 heterocycles. The maximum absolute atomic E-state index is 11.0. The van der Waals surface area contributed by atoms with E-state index in [-0.39, 0.29) is 11.9 Å². The lowest BCUT2D eigenvalue weighted by molar-refractivity contribution is -0.119. The van der Waals surface area contributed by atoms with Gasteiger partial charge in [0, 0.05) is 41.2 Å². The Kier molecular flexibility index (Phi) is 4.26. The third-order valence-electron chi connectivity index (χ3n) is 2.84. The van der Waals surface area contributed by atoms with Crippen LogP contribution in [0.1, 0.15) is 18.4 Å². The van der Waals surface area contributed by atoms with Crippen LogP contribution in [-0.2, 0) is 11.3 Å². The molecule has 1 aromatic rings. The second-order valence-corrected chi connectivity index (χ2v) is 4.95. The average molecular weight is 273 g/mol. The normalized spacial score (nSPS) is 19.4. The van der Waals surface area contributed by atoms with E-state index in [1.54, 1.807) is 0 Å². The predicted octanol–water partition coefficient (Wildman–Crippen LogP) is 2.36. The summed E-state index contributed by atoms with van der Waals surface area (Å²) in [6, 6.07) is 5.69. The fourth-order valence-electron chi connectivity index (χ4n) is 1.90. The largest absolute Gasteiger partial charge is 0.352 e. The van der Waals surface area contributed by atoms with Crippen molar-refractivity contribution in [3.8, 4) is 0 Å². The van der Waals surface area contributed by atoms with Crippen LogP contribution in [0.3, 0.4) is 0 Å². The van der Waals surface area contributed by atoms with Gasteiger partial charge in [-0.15, -0.1) is 0 Å². The van der Waals surface area contributed by atoms with E-state index in [1.807, 2.05) is 18.2 Å². The van der Waals surface area contributed by atoms with Crippen LogP contribution >= 0.6 is 23.2 Å². The van der Waals surface area contributed by atoms with Gasteiger partial charge >= 0.3 is 0 Å². The van der Waals surface area contributed by atoms with Crippen LogP contribution in [0, 0.1) is 0 Å². The third-order valence-corrected chi connectivity index (χ3v) is 3.55. The van der Waals surface area contributed by atoms with Gasteiger partial charge in [0.05, 0.1) is 0 Å².